The van der Waals surface area contributed by atoms with E-state index in [1.54, 1.807) is 0 Å². The third kappa shape index (κ3) is 4.51. The van der Waals surface area contributed by atoms with Crippen molar-refractivity contribution in [3.63, 3.8) is 0 Å². The van der Waals surface area contributed by atoms with Gasteiger partial charge >= 0.3 is 0 Å². The highest BCUT2D eigenvalue weighted by atomic mass is 32.1. The van der Waals surface area contributed by atoms with Crippen molar-refractivity contribution in [3.8, 4) is 22.3 Å². The molecule has 0 unspecified atom stereocenters. The maximum atomic E-state index is 6.42. The van der Waals surface area contributed by atoms with Crippen LogP contribution in [-0.4, -0.2) is 0 Å². The van der Waals surface area contributed by atoms with Crippen LogP contribution < -0.4 is 4.90 Å². The number of hydrogen-bond donors (Lipinski definition) is 0. The molecule has 8 aromatic carbocycles. The third-order valence-corrected chi connectivity index (χ3v) is 11.6. The Labute approximate surface area is 303 Å². The number of hydrogen-bond acceptors (Lipinski definition) is 4. The first-order valence-electron chi connectivity index (χ1n) is 17.5. The van der Waals surface area contributed by atoms with Crippen molar-refractivity contribution >= 4 is 92.4 Å². The number of furan rings is 2. The summed E-state index contributed by atoms with van der Waals surface area (Å²) < 4.78 is 15.2. The van der Waals surface area contributed by atoms with E-state index >= 15 is 0 Å². The van der Waals surface area contributed by atoms with E-state index in [9.17, 15) is 0 Å². The number of benzene rings is 8. The fraction of sp³-hybridized carbons (Fsp3) is 0. The minimum Gasteiger partial charge on any atom is -0.456 e. The molecule has 0 aliphatic heterocycles. The largest absolute Gasteiger partial charge is 0.456 e. The second kappa shape index (κ2) is 11.5. The summed E-state index contributed by atoms with van der Waals surface area (Å²) in [6.45, 7) is 0. The van der Waals surface area contributed by atoms with Gasteiger partial charge in [0, 0.05) is 54.5 Å². The molecule has 11 aromatic rings. The Morgan fingerprint density at radius 1 is 0.346 bits per heavy atom. The summed E-state index contributed by atoms with van der Waals surface area (Å²) in [6.07, 6.45) is 0. The van der Waals surface area contributed by atoms with Gasteiger partial charge in [0.1, 0.15) is 22.3 Å². The molecular weight excluding hydrogens is 655 g/mol. The molecule has 0 amide bonds. The van der Waals surface area contributed by atoms with E-state index in [1.807, 2.05) is 35.6 Å². The van der Waals surface area contributed by atoms with Gasteiger partial charge in [-0.1, -0.05) is 115 Å². The first-order valence-corrected chi connectivity index (χ1v) is 18.3. The Morgan fingerprint density at radius 2 is 0.904 bits per heavy atom. The standard InChI is InChI=1S/C48H29NO2S/c1-2-10-31(11-3-1)35-14-8-15-40-41-16-9-17-42(48(41)52-47(35)40)49(34-25-27-39-37-13-5-7-19-44(37)51-46(39)29-34)33-23-20-30(21-24-33)32-22-26-38-36-12-4-6-18-43(36)50-45(38)28-32/h1-29H. The molecule has 0 saturated carbocycles. The molecule has 0 aliphatic rings. The van der Waals surface area contributed by atoms with Crippen molar-refractivity contribution in [1.82, 2.24) is 0 Å². The third-order valence-electron chi connectivity index (χ3n) is 10.3. The fourth-order valence-electron chi connectivity index (χ4n) is 7.82. The maximum absolute atomic E-state index is 6.42. The molecule has 3 heterocycles. The number of thiophene rings is 1. The predicted octanol–water partition coefficient (Wildman–Crippen LogP) is 14.7. The highest BCUT2D eigenvalue weighted by Crippen LogP contribution is 2.48. The zero-order valence-corrected chi connectivity index (χ0v) is 28.7. The van der Waals surface area contributed by atoms with E-state index in [0.717, 1.165) is 72.1 Å². The monoisotopic (exact) mass is 683 g/mol. The van der Waals surface area contributed by atoms with Gasteiger partial charge in [-0.15, -0.1) is 11.3 Å². The van der Waals surface area contributed by atoms with Crippen molar-refractivity contribution in [2.45, 2.75) is 0 Å². The van der Waals surface area contributed by atoms with Crippen LogP contribution in [0.4, 0.5) is 17.1 Å². The second-order valence-electron chi connectivity index (χ2n) is 13.3. The Hall–Kier alpha value is -6.62. The van der Waals surface area contributed by atoms with Crippen LogP contribution in [0.25, 0.3) is 86.3 Å². The Morgan fingerprint density at radius 3 is 1.65 bits per heavy atom. The second-order valence-corrected chi connectivity index (χ2v) is 14.3. The van der Waals surface area contributed by atoms with Gasteiger partial charge in [-0.3, -0.25) is 0 Å². The van der Waals surface area contributed by atoms with Crippen LogP contribution in [0.5, 0.6) is 0 Å². The van der Waals surface area contributed by atoms with E-state index in [0.29, 0.717) is 0 Å². The molecule has 0 spiro atoms. The molecule has 0 aliphatic carbocycles. The summed E-state index contributed by atoms with van der Waals surface area (Å²) in [4.78, 5) is 2.37. The summed E-state index contributed by atoms with van der Waals surface area (Å²) in [5.74, 6) is 0. The van der Waals surface area contributed by atoms with Gasteiger partial charge in [0.2, 0.25) is 0 Å². The average molecular weight is 684 g/mol. The summed E-state index contributed by atoms with van der Waals surface area (Å²) >= 11 is 1.86. The van der Waals surface area contributed by atoms with Crippen molar-refractivity contribution in [3.05, 3.63) is 176 Å². The van der Waals surface area contributed by atoms with E-state index < -0.39 is 0 Å². The van der Waals surface area contributed by atoms with Gasteiger partial charge in [-0.2, -0.15) is 0 Å². The number of nitrogens with zero attached hydrogens (tertiary/aromatic N) is 1. The fourth-order valence-corrected chi connectivity index (χ4v) is 9.16. The summed E-state index contributed by atoms with van der Waals surface area (Å²) in [7, 11) is 0. The van der Waals surface area contributed by atoms with Crippen LogP contribution in [0.2, 0.25) is 0 Å². The molecule has 244 valence electrons. The maximum Gasteiger partial charge on any atom is 0.137 e. The molecule has 0 atom stereocenters. The topological polar surface area (TPSA) is 29.5 Å². The molecular formula is C48H29NO2S. The highest BCUT2D eigenvalue weighted by Gasteiger charge is 2.21. The van der Waals surface area contributed by atoms with Crippen molar-refractivity contribution < 1.29 is 8.83 Å². The van der Waals surface area contributed by atoms with Crippen LogP contribution in [-0.2, 0) is 0 Å². The zero-order chi connectivity index (χ0) is 34.2. The summed E-state index contributed by atoms with van der Waals surface area (Å²) in [6, 6.07) is 62.5. The first kappa shape index (κ1) is 29.1. The number of para-hydroxylation sites is 2. The van der Waals surface area contributed by atoms with Crippen molar-refractivity contribution in [1.29, 1.82) is 0 Å². The number of rotatable bonds is 5. The SMILES string of the molecule is c1ccc(-c2cccc3c2sc2c(N(c4ccc(-c5ccc6c(c5)oc5ccccc56)cc4)c4ccc5c(c4)oc4ccccc45)cccc23)cc1. The lowest BCUT2D eigenvalue weighted by Gasteiger charge is -2.26. The molecule has 0 fully saturated rings. The Bertz CT molecular complexity index is 3130. The minimum absolute atomic E-state index is 0.870. The molecule has 11 rings (SSSR count). The number of anilines is 3. The first-order chi connectivity index (χ1) is 25.8. The van der Waals surface area contributed by atoms with Crippen LogP contribution in [0, 0.1) is 0 Å². The Balaban J connectivity index is 1.09. The van der Waals surface area contributed by atoms with E-state index in [4.69, 9.17) is 8.83 Å². The van der Waals surface area contributed by atoms with Crippen LogP contribution in [0.1, 0.15) is 0 Å². The predicted molar refractivity (Wildman–Crippen MR) is 219 cm³/mol. The molecule has 0 radical (unpaired) electrons. The van der Waals surface area contributed by atoms with Crippen LogP contribution in [0.15, 0.2) is 185 Å². The van der Waals surface area contributed by atoms with Gasteiger partial charge in [0.05, 0.1) is 10.4 Å². The molecule has 3 aromatic heterocycles. The lowest BCUT2D eigenvalue weighted by atomic mass is 10.0. The molecule has 52 heavy (non-hydrogen) atoms. The average Bonchev–Trinajstić information content (AvgIpc) is 3.90. The molecule has 0 N–H and O–H groups in total. The normalized spacial score (nSPS) is 11.8. The lowest BCUT2D eigenvalue weighted by Crippen LogP contribution is -2.10. The number of fused-ring (bicyclic) bond motifs is 9. The van der Waals surface area contributed by atoms with Crippen molar-refractivity contribution in [2.75, 3.05) is 4.90 Å². The zero-order valence-electron chi connectivity index (χ0n) is 27.9. The lowest BCUT2D eigenvalue weighted by molar-refractivity contribution is 0.668. The van der Waals surface area contributed by atoms with Gasteiger partial charge in [0.25, 0.3) is 0 Å². The molecule has 0 bridgehead atoms. The van der Waals surface area contributed by atoms with E-state index in [2.05, 4.69) is 157 Å². The molecule has 3 nitrogen and oxygen atoms in total. The van der Waals surface area contributed by atoms with Crippen molar-refractivity contribution in [2.24, 2.45) is 0 Å². The van der Waals surface area contributed by atoms with Crippen LogP contribution >= 0.6 is 11.3 Å². The highest BCUT2D eigenvalue weighted by molar-refractivity contribution is 7.27. The van der Waals surface area contributed by atoms with Gasteiger partial charge in [-0.05, 0) is 76.9 Å². The van der Waals surface area contributed by atoms with Gasteiger partial charge < -0.3 is 13.7 Å². The van der Waals surface area contributed by atoms with Crippen LogP contribution in [0.3, 0.4) is 0 Å². The van der Waals surface area contributed by atoms with E-state index in [-0.39, 0.29) is 0 Å². The smallest absolute Gasteiger partial charge is 0.137 e. The molecule has 4 heteroatoms. The summed E-state index contributed by atoms with van der Waals surface area (Å²) in [5, 5.41) is 7.04. The molecule has 0 saturated heterocycles. The summed E-state index contributed by atoms with van der Waals surface area (Å²) in [5.41, 5.74) is 11.5. The quantitative estimate of drug-likeness (QED) is 0.181. The Kier molecular flexibility index (Phi) is 6.42. The van der Waals surface area contributed by atoms with E-state index in [1.165, 1.54) is 31.3 Å². The minimum atomic E-state index is 0.870. The van der Waals surface area contributed by atoms with Gasteiger partial charge in [0.15, 0.2) is 0 Å². The van der Waals surface area contributed by atoms with Gasteiger partial charge in [-0.25, -0.2) is 0 Å².